The Morgan fingerprint density at radius 1 is 1.44 bits per heavy atom. The Labute approximate surface area is 83.7 Å². The van der Waals surface area contributed by atoms with Crippen molar-refractivity contribution in [3.8, 4) is 0 Å². The molecule has 1 saturated carbocycles. The van der Waals surface area contributed by atoms with Gasteiger partial charge >= 0.3 is 0 Å². The third kappa shape index (κ3) is 3.73. The second-order valence-corrected chi connectivity index (χ2v) is 2.57. The van der Waals surface area contributed by atoms with E-state index in [2.05, 4.69) is 13.3 Å². The van der Waals surface area contributed by atoms with Crippen LogP contribution in [0.3, 0.4) is 0 Å². The summed E-state index contributed by atoms with van der Waals surface area (Å²) >= 11 is 0. The van der Waals surface area contributed by atoms with Crippen molar-refractivity contribution in [3.63, 3.8) is 0 Å². The van der Waals surface area contributed by atoms with E-state index < -0.39 is 0 Å². The molecule has 0 aromatic rings. The van der Waals surface area contributed by atoms with Gasteiger partial charge in [0.15, 0.2) is 0 Å². The summed E-state index contributed by atoms with van der Waals surface area (Å²) in [5, 5.41) is 0. The second kappa shape index (κ2) is 5.86. The van der Waals surface area contributed by atoms with E-state index in [1.807, 2.05) is 0 Å². The Balaban J connectivity index is 0.000000640. The van der Waals surface area contributed by atoms with Gasteiger partial charge in [-0.1, -0.05) is 19.3 Å². The zero-order valence-electron chi connectivity index (χ0n) is 5.97. The molecular formula is C8H14Y-2. The molecule has 1 aliphatic carbocycles. The Morgan fingerprint density at radius 3 is 2.56 bits per heavy atom. The van der Waals surface area contributed by atoms with E-state index in [-0.39, 0.29) is 32.7 Å². The van der Waals surface area contributed by atoms with E-state index >= 15 is 0 Å². The van der Waals surface area contributed by atoms with Crippen LogP contribution in [0.25, 0.3) is 0 Å². The smallest absolute Gasteiger partial charge is 0 e. The van der Waals surface area contributed by atoms with Gasteiger partial charge in [0, 0.05) is 32.7 Å². The first-order chi connectivity index (χ1) is 3.93. The van der Waals surface area contributed by atoms with Gasteiger partial charge < -0.3 is 13.3 Å². The first-order valence-corrected chi connectivity index (χ1v) is 3.56. The minimum Gasteiger partial charge on any atom is -0.345 e. The van der Waals surface area contributed by atoms with Gasteiger partial charge in [-0.05, 0) is 0 Å². The average Bonchev–Trinajstić information content (AvgIpc) is 1.90. The van der Waals surface area contributed by atoms with Crippen LogP contribution in [0.5, 0.6) is 0 Å². The van der Waals surface area contributed by atoms with Crippen LogP contribution in [-0.4, -0.2) is 0 Å². The van der Waals surface area contributed by atoms with E-state index in [1.165, 1.54) is 25.7 Å². The summed E-state index contributed by atoms with van der Waals surface area (Å²) in [5.41, 5.74) is 0. The molecular weight excluding hydrogens is 185 g/mol. The van der Waals surface area contributed by atoms with Crippen LogP contribution >= 0.6 is 0 Å². The fourth-order valence-corrected chi connectivity index (χ4v) is 1.28. The van der Waals surface area contributed by atoms with Gasteiger partial charge in [0.1, 0.15) is 0 Å². The predicted molar refractivity (Wildman–Crippen MR) is 36.2 cm³/mol. The van der Waals surface area contributed by atoms with Crippen molar-refractivity contribution >= 4 is 0 Å². The normalized spacial score (nSPS) is 27.0. The van der Waals surface area contributed by atoms with Crippen LogP contribution in [0.2, 0.25) is 0 Å². The Morgan fingerprint density at radius 2 is 2.22 bits per heavy atom. The third-order valence-corrected chi connectivity index (χ3v) is 1.90. The maximum absolute atomic E-state index is 3.88. The SMILES string of the molecule is [CH2-]CC1[CH-]CCCC1.[Y]. The fraction of sp³-hybridized carbons (Fsp3) is 0.750. The topological polar surface area (TPSA) is 0 Å². The van der Waals surface area contributed by atoms with Crippen LogP contribution in [0.15, 0.2) is 0 Å². The quantitative estimate of drug-likeness (QED) is 0.569. The Hall–Kier alpha value is 1.10. The van der Waals surface area contributed by atoms with Gasteiger partial charge in [0.25, 0.3) is 0 Å². The standard InChI is InChI=1S/C8H14.Y/c1-2-8-6-4-3-5-7-8;/h6,8H,1-5,7H2;/q-2;. The zero-order valence-corrected chi connectivity index (χ0v) is 8.81. The van der Waals surface area contributed by atoms with Gasteiger partial charge in [-0.15, -0.1) is 0 Å². The summed E-state index contributed by atoms with van der Waals surface area (Å²) in [6.07, 6.45) is 9.10. The molecule has 0 aromatic carbocycles. The minimum absolute atomic E-state index is 0. The molecule has 0 bridgehead atoms. The molecule has 0 N–H and O–H groups in total. The Kier molecular flexibility index (Phi) is 6.57. The molecule has 1 unspecified atom stereocenters. The molecule has 1 atom stereocenters. The monoisotopic (exact) mass is 199 g/mol. The maximum Gasteiger partial charge on any atom is 0 e. The average molecular weight is 199 g/mol. The molecule has 0 heterocycles. The molecule has 1 heteroatoms. The summed E-state index contributed by atoms with van der Waals surface area (Å²) in [7, 11) is 0. The van der Waals surface area contributed by atoms with Crippen molar-refractivity contribution in [2.75, 3.05) is 0 Å². The molecule has 1 aliphatic rings. The molecule has 0 amide bonds. The molecule has 0 nitrogen and oxygen atoms in total. The van der Waals surface area contributed by atoms with E-state index in [9.17, 15) is 0 Å². The van der Waals surface area contributed by atoms with Crippen LogP contribution < -0.4 is 0 Å². The molecule has 1 radical (unpaired) electrons. The van der Waals surface area contributed by atoms with Crippen molar-refractivity contribution in [2.24, 2.45) is 5.92 Å². The van der Waals surface area contributed by atoms with Gasteiger partial charge in [-0.25, -0.2) is 6.42 Å². The number of hydrogen-bond donors (Lipinski definition) is 0. The molecule has 51 valence electrons. The number of rotatable bonds is 1. The molecule has 0 saturated heterocycles. The van der Waals surface area contributed by atoms with E-state index in [0.29, 0.717) is 0 Å². The van der Waals surface area contributed by atoms with Crippen LogP contribution in [0, 0.1) is 19.3 Å². The van der Waals surface area contributed by atoms with Crippen molar-refractivity contribution in [3.05, 3.63) is 13.3 Å². The van der Waals surface area contributed by atoms with Crippen molar-refractivity contribution in [1.82, 2.24) is 0 Å². The second-order valence-electron chi connectivity index (χ2n) is 2.57. The van der Waals surface area contributed by atoms with Crippen molar-refractivity contribution < 1.29 is 32.7 Å². The first-order valence-electron chi connectivity index (χ1n) is 3.56. The van der Waals surface area contributed by atoms with Crippen molar-refractivity contribution in [2.45, 2.75) is 32.1 Å². The molecule has 1 rings (SSSR count). The summed E-state index contributed by atoms with van der Waals surface area (Å²) in [4.78, 5) is 0. The van der Waals surface area contributed by atoms with Gasteiger partial charge in [-0.2, -0.15) is 12.3 Å². The fourth-order valence-electron chi connectivity index (χ4n) is 1.28. The Bertz CT molecular complexity index is 55.6. The number of hydrogen-bond acceptors (Lipinski definition) is 0. The minimum atomic E-state index is 0. The molecule has 0 aliphatic heterocycles. The van der Waals surface area contributed by atoms with Gasteiger partial charge in [0.05, 0.1) is 0 Å². The van der Waals surface area contributed by atoms with Crippen LogP contribution in [0.4, 0.5) is 0 Å². The van der Waals surface area contributed by atoms with E-state index in [0.717, 1.165) is 12.3 Å². The molecule has 1 fully saturated rings. The van der Waals surface area contributed by atoms with E-state index in [1.54, 1.807) is 0 Å². The summed E-state index contributed by atoms with van der Waals surface area (Å²) in [6, 6.07) is 0. The summed E-state index contributed by atoms with van der Waals surface area (Å²) < 4.78 is 0. The zero-order chi connectivity index (χ0) is 5.82. The first kappa shape index (κ1) is 10.1. The van der Waals surface area contributed by atoms with Gasteiger partial charge in [0.2, 0.25) is 0 Å². The molecule has 0 aromatic heterocycles. The largest absolute Gasteiger partial charge is 0.345 e. The summed E-state index contributed by atoms with van der Waals surface area (Å²) in [5.74, 6) is 0.851. The van der Waals surface area contributed by atoms with E-state index in [4.69, 9.17) is 0 Å². The maximum atomic E-state index is 3.88. The molecule has 9 heavy (non-hydrogen) atoms. The van der Waals surface area contributed by atoms with Gasteiger partial charge in [-0.3, -0.25) is 0 Å². The molecule has 0 spiro atoms. The summed E-state index contributed by atoms with van der Waals surface area (Å²) in [6.45, 7) is 3.88. The predicted octanol–water partition coefficient (Wildman–Crippen LogP) is 2.60. The van der Waals surface area contributed by atoms with Crippen molar-refractivity contribution in [1.29, 1.82) is 0 Å². The van der Waals surface area contributed by atoms with Crippen LogP contribution in [-0.2, 0) is 32.7 Å². The third-order valence-electron chi connectivity index (χ3n) is 1.90. The van der Waals surface area contributed by atoms with Crippen LogP contribution in [0.1, 0.15) is 32.1 Å².